The molecule has 0 spiro atoms. The Morgan fingerprint density at radius 1 is 1.07 bits per heavy atom. The molecular weight excluding hydrogens is 229 g/mol. The van der Waals surface area contributed by atoms with E-state index in [4.69, 9.17) is 0 Å². The van der Waals surface area contributed by atoms with E-state index in [0.29, 0.717) is 6.42 Å². The minimum Gasteiger partial charge on any atom is -0.454 e. The van der Waals surface area contributed by atoms with E-state index in [1.54, 1.807) is 0 Å². The standard InChI is InChI=1S/C9H17F3O2S/c1-2-3-4-5-6-7-8-14-9(13)15(10,11)12/h2-8H2,1H3. The first kappa shape index (κ1) is 14.6. The molecule has 0 saturated carbocycles. The third kappa shape index (κ3) is 8.59. The van der Waals surface area contributed by atoms with Crippen LogP contribution in [0.2, 0.25) is 0 Å². The molecule has 0 fully saturated rings. The quantitative estimate of drug-likeness (QED) is 0.469. The minimum absolute atomic E-state index is 0.114. The van der Waals surface area contributed by atoms with Crippen LogP contribution in [-0.4, -0.2) is 11.9 Å². The van der Waals surface area contributed by atoms with Crippen LogP contribution < -0.4 is 0 Å². The van der Waals surface area contributed by atoms with Gasteiger partial charge in [-0.2, -0.15) is 0 Å². The first-order chi connectivity index (χ1) is 6.98. The molecule has 0 aromatic carbocycles. The molecule has 0 heterocycles. The van der Waals surface area contributed by atoms with Crippen LogP contribution in [-0.2, 0) is 4.74 Å². The Hall–Kier alpha value is -0.390. The monoisotopic (exact) mass is 246 g/mol. The van der Waals surface area contributed by atoms with Gasteiger partial charge in [-0.3, -0.25) is 0 Å². The van der Waals surface area contributed by atoms with E-state index in [9.17, 15) is 16.5 Å². The van der Waals surface area contributed by atoms with Crippen LogP contribution in [0.5, 0.6) is 0 Å². The average molecular weight is 246 g/mol. The lowest BCUT2D eigenvalue weighted by atomic mass is 10.1. The van der Waals surface area contributed by atoms with Crippen molar-refractivity contribution in [2.75, 3.05) is 6.61 Å². The lowest BCUT2D eigenvalue weighted by Crippen LogP contribution is -2.04. The number of rotatable bonds is 7. The van der Waals surface area contributed by atoms with E-state index in [2.05, 4.69) is 11.7 Å². The van der Waals surface area contributed by atoms with Gasteiger partial charge in [-0.15, -0.1) is 11.7 Å². The van der Waals surface area contributed by atoms with Crippen molar-refractivity contribution in [1.82, 2.24) is 0 Å². The van der Waals surface area contributed by atoms with Crippen LogP contribution in [0, 0.1) is 0 Å². The highest BCUT2D eigenvalue weighted by molar-refractivity contribution is 8.33. The number of carbonyl (C=O) groups is 1. The second kappa shape index (κ2) is 7.84. The largest absolute Gasteiger partial charge is 0.454 e. The van der Waals surface area contributed by atoms with Crippen molar-refractivity contribution in [2.45, 2.75) is 45.4 Å². The van der Waals surface area contributed by atoms with Gasteiger partial charge in [-0.1, -0.05) is 39.0 Å². The highest BCUT2D eigenvalue weighted by atomic mass is 32.3. The fraction of sp³-hybridized carbons (Fsp3) is 0.889. The Morgan fingerprint density at radius 2 is 1.60 bits per heavy atom. The first-order valence-electron chi connectivity index (χ1n) is 5.07. The van der Waals surface area contributed by atoms with Crippen molar-refractivity contribution in [1.29, 1.82) is 0 Å². The molecule has 0 radical (unpaired) electrons. The van der Waals surface area contributed by atoms with Crippen LogP contribution in [0.4, 0.5) is 16.5 Å². The highest BCUT2D eigenvalue weighted by Crippen LogP contribution is 2.54. The van der Waals surface area contributed by atoms with Gasteiger partial charge in [0.25, 0.3) is 0 Å². The van der Waals surface area contributed by atoms with Crippen LogP contribution in [0.1, 0.15) is 45.4 Å². The van der Waals surface area contributed by atoms with E-state index in [-0.39, 0.29) is 6.61 Å². The second-order valence-electron chi connectivity index (χ2n) is 3.27. The average Bonchev–Trinajstić information content (AvgIpc) is 2.14. The Kier molecular flexibility index (Phi) is 7.64. The Bertz CT molecular complexity index is 183. The number of hydrogen-bond donors (Lipinski definition) is 0. The molecule has 0 aliphatic carbocycles. The molecule has 15 heavy (non-hydrogen) atoms. The third-order valence-electron chi connectivity index (χ3n) is 1.91. The van der Waals surface area contributed by atoms with Crippen molar-refractivity contribution in [3.05, 3.63) is 0 Å². The van der Waals surface area contributed by atoms with Crippen molar-refractivity contribution in [2.24, 2.45) is 0 Å². The van der Waals surface area contributed by atoms with Gasteiger partial charge in [0.05, 0.1) is 6.61 Å². The molecular formula is C9H17F3O2S. The Labute approximate surface area is 90.4 Å². The lowest BCUT2D eigenvalue weighted by molar-refractivity contribution is 0.167. The summed E-state index contributed by atoms with van der Waals surface area (Å²) in [4.78, 5) is 10.3. The summed E-state index contributed by atoms with van der Waals surface area (Å²) in [5.74, 6) is 0. The van der Waals surface area contributed by atoms with E-state index < -0.39 is 16.5 Å². The van der Waals surface area contributed by atoms with Crippen molar-refractivity contribution < 1.29 is 21.2 Å². The fourth-order valence-corrected chi connectivity index (χ4v) is 1.32. The fourth-order valence-electron chi connectivity index (χ4n) is 1.10. The van der Waals surface area contributed by atoms with Crippen LogP contribution in [0.15, 0.2) is 0 Å². The maximum Gasteiger partial charge on any atom is 0.434 e. The summed E-state index contributed by atoms with van der Waals surface area (Å²) in [6, 6.07) is 0. The smallest absolute Gasteiger partial charge is 0.434 e. The summed E-state index contributed by atoms with van der Waals surface area (Å²) in [7, 11) is 0. The van der Waals surface area contributed by atoms with E-state index in [0.717, 1.165) is 32.1 Å². The normalized spacial score (nSPS) is 12.5. The molecule has 0 rings (SSSR count). The summed E-state index contributed by atoms with van der Waals surface area (Å²) in [6.07, 6.45) is 5.70. The van der Waals surface area contributed by atoms with E-state index >= 15 is 0 Å². The minimum atomic E-state index is -5.67. The topological polar surface area (TPSA) is 26.3 Å². The molecule has 0 aromatic heterocycles. The predicted molar refractivity (Wildman–Crippen MR) is 55.6 cm³/mol. The zero-order valence-electron chi connectivity index (χ0n) is 8.81. The number of hydrogen-bond acceptors (Lipinski definition) is 2. The molecule has 0 atom stereocenters. The lowest BCUT2D eigenvalue weighted by Gasteiger charge is -2.08. The van der Waals surface area contributed by atoms with Gasteiger partial charge in [0.1, 0.15) is 0 Å². The van der Waals surface area contributed by atoms with Gasteiger partial charge in [-0.05, 0) is 6.42 Å². The van der Waals surface area contributed by atoms with Gasteiger partial charge in [0, 0.05) is 0 Å². The van der Waals surface area contributed by atoms with Crippen molar-refractivity contribution in [3.63, 3.8) is 0 Å². The molecule has 0 aliphatic rings. The molecule has 0 N–H and O–H groups in total. The van der Waals surface area contributed by atoms with Gasteiger partial charge in [0.2, 0.25) is 0 Å². The third-order valence-corrected chi connectivity index (χ3v) is 2.40. The van der Waals surface area contributed by atoms with Gasteiger partial charge < -0.3 is 4.74 Å². The van der Waals surface area contributed by atoms with Crippen molar-refractivity contribution >= 4 is 16.5 Å². The second-order valence-corrected chi connectivity index (χ2v) is 4.42. The van der Waals surface area contributed by atoms with Crippen LogP contribution >= 0.6 is 11.2 Å². The number of carbonyl (C=O) groups excluding carboxylic acids is 1. The Morgan fingerprint density at radius 3 is 2.13 bits per heavy atom. The summed E-state index contributed by atoms with van der Waals surface area (Å²) in [5, 5.41) is -2.00. The SMILES string of the molecule is CCCCCCCCOC(=O)S(F)(F)F. The summed E-state index contributed by atoms with van der Waals surface area (Å²) in [6.45, 7) is 1.98. The molecule has 0 aliphatic heterocycles. The molecule has 0 saturated heterocycles. The molecule has 0 aromatic rings. The van der Waals surface area contributed by atoms with Gasteiger partial charge in [-0.25, -0.2) is 4.79 Å². The van der Waals surface area contributed by atoms with Crippen molar-refractivity contribution in [3.8, 4) is 0 Å². The van der Waals surface area contributed by atoms with Crippen LogP contribution in [0.25, 0.3) is 0 Å². The maximum absolute atomic E-state index is 11.7. The molecule has 0 bridgehead atoms. The van der Waals surface area contributed by atoms with Crippen LogP contribution in [0.3, 0.4) is 0 Å². The highest BCUT2D eigenvalue weighted by Gasteiger charge is 2.34. The summed E-state index contributed by atoms with van der Waals surface area (Å²) >= 11 is -5.67. The molecule has 2 nitrogen and oxygen atoms in total. The predicted octanol–water partition coefficient (Wildman–Crippen LogP) is 4.94. The summed E-state index contributed by atoms with van der Waals surface area (Å²) in [5.41, 5.74) is 0. The van der Waals surface area contributed by atoms with E-state index in [1.165, 1.54) is 0 Å². The van der Waals surface area contributed by atoms with Gasteiger partial charge >= 0.3 is 16.5 Å². The maximum atomic E-state index is 11.7. The number of unbranched alkanes of at least 4 members (excludes halogenated alkanes) is 5. The first-order valence-corrected chi connectivity index (χ1v) is 6.41. The zero-order valence-corrected chi connectivity index (χ0v) is 9.62. The van der Waals surface area contributed by atoms with E-state index in [1.807, 2.05) is 0 Å². The van der Waals surface area contributed by atoms with Gasteiger partial charge in [0.15, 0.2) is 0 Å². The Balaban J connectivity index is 3.28. The number of ether oxygens (including phenoxy) is 1. The molecule has 6 heteroatoms. The number of halogens is 3. The molecule has 0 amide bonds. The summed E-state index contributed by atoms with van der Waals surface area (Å²) < 4.78 is 39.3. The molecule has 0 unspecified atom stereocenters. The molecule has 92 valence electrons. The zero-order chi connectivity index (χ0) is 11.7.